The van der Waals surface area contributed by atoms with Crippen molar-refractivity contribution in [1.82, 2.24) is 0 Å². The van der Waals surface area contributed by atoms with Gasteiger partial charge in [-0.15, -0.1) is 0 Å². The Morgan fingerprint density at radius 2 is 0.846 bits per heavy atom. The van der Waals surface area contributed by atoms with E-state index in [-0.39, 0.29) is 0 Å². The molecule has 0 radical (unpaired) electrons. The van der Waals surface area contributed by atoms with Crippen LogP contribution in [0, 0.1) is 0 Å². The first-order valence-electron chi connectivity index (χ1n) is 17.8. The van der Waals surface area contributed by atoms with Crippen LogP contribution in [0.2, 0.25) is 0 Å². The Labute approximate surface area is 303 Å². The molecule has 0 aliphatic carbocycles. The van der Waals surface area contributed by atoms with Gasteiger partial charge in [-0.2, -0.15) is 0 Å². The van der Waals surface area contributed by atoms with Crippen LogP contribution in [0.4, 0.5) is 17.1 Å². The molecule has 0 N–H and O–H groups in total. The minimum Gasteiger partial charge on any atom is -0.454 e. The number of nitrogens with zero attached hydrogens (tertiary/aromatic N) is 1. The minimum absolute atomic E-state index is 0.822. The van der Waals surface area contributed by atoms with E-state index in [0.717, 1.165) is 61.9 Å². The lowest BCUT2D eigenvalue weighted by Gasteiger charge is -2.28. The highest BCUT2D eigenvalue weighted by Gasteiger charge is 2.27. The van der Waals surface area contributed by atoms with Gasteiger partial charge in [0.15, 0.2) is 5.75 Å². The fourth-order valence-corrected chi connectivity index (χ4v) is 7.63. The van der Waals surface area contributed by atoms with Gasteiger partial charge in [0.05, 0.1) is 5.69 Å². The van der Waals surface area contributed by atoms with Crippen molar-refractivity contribution >= 4 is 38.6 Å². The fraction of sp³-hybridized carbons (Fsp3) is 0. The monoisotopic (exact) mass is 663 g/mol. The Hall–Kier alpha value is -6.90. The SMILES string of the molecule is c1ccc(-c2ccc(N(c3ccc4ccccc4c3)c3cccc4c3Oc3cc(-c5ccccc5)ccc3-c3cc5ccccc5cc3-4)cc2)cc1. The molecule has 244 valence electrons. The second-order valence-corrected chi connectivity index (χ2v) is 13.4. The van der Waals surface area contributed by atoms with Crippen LogP contribution in [-0.4, -0.2) is 0 Å². The number of ether oxygens (including phenoxy) is 1. The highest BCUT2D eigenvalue weighted by molar-refractivity contribution is 6.02. The first-order valence-corrected chi connectivity index (χ1v) is 17.8. The molecule has 0 saturated carbocycles. The summed E-state index contributed by atoms with van der Waals surface area (Å²) in [6.45, 7) is 0. The number of hydrogen-bond donors (Lipinski definition) is 0. The number of rotatable bonds is 5. The van der Waals surface area contributed by atoms with Gasteiger partial charge in [-0.25, -0.2) is 0 Å². The molecule has 0 aromatic heterocycles. The van der Waals surface area contributed by atoms with Crippen molar-refractivity contribution in [2.24, 2.45) is 0 Å². The first-order chi connectivity index (χ1) is 25.8. The van der Waals surface area contributed by atoms with Crippen molar-refractivity contribution in [3.63, 3.8) is 0 Å². The van der Waals surface area contributed by atoms with Gasteiger partial charge in [0.25, 0.3) is 0 Å². The molecule has 10 rings (SSSR count). The summed E-state index contributed by atoms with van der Waals surface area (Å²) in [5.74, 6) is 1.66. The quantitative estimate of drug-likeness (QED) is 0.182. The predicted octanol–water partition coefficient (Wildman–Crippen LogP) is 14.2. The van der Waals surface area contributed by atoms with E-state index in [4.69, 9.17) is 4.74 Å². The maximum absolute atomic E-state index is 7.27. The van der Waals surface area contributed by atoms with Crippen LogP contribution in [0.3, 0.4) is 0 Å². The topological polar surface area (TPSA) is 12.5 Å². The van der Waals surface area contributed by atoms with Crippen LogP contribution in [0.5, 0.6) is 11.5 Å². The molecule has 0 bridgehead atoms. The number of fused-ring (bicyclic) bond motifs is 7. The summed E-state index contributed by atoms with van der Waals surface area (Å²) in [7, 11) is 0. The second kappa shape index (κ2) is 12.5. The zero-order chi connectivity index (χ0) is 34.4. The van der Waals surface area contributed by atoms with E-state index in [0.29, 0.717) is 0 Å². The molecule has 0 spiro atoms. The fourth-order valence-electron chi connectivity index (χ4n) is 7.63. The van der Waals surface area contributed by atoms with E-state index < -0.39 is 0 Å². The third-order valence-corrected chi connectivity index (χ3v) is 10.2. The molecule has 0 unspecified atom stereocenters. The predicted molar refractivity (Wildman–Crippen MR) is 218 cm³/mol. The zero-order valence-corrected chi connectivity index (χ0v) is 28.4. The normalized spacial score (nSPS) is 11.6. The van der Waals surface area contributed by atoms with Gasteiger partial charge in [0.2, 0.25) is 0 Å². The van der Waals surface area contributed by atoms with Crippen LogP contribution in [-0.2, 0) is 0 Å². The van der Waals surface area contributed by atoms with Gasteiger partial charge in [0, 0.05) is 22.5 Å². The highest BCUT2D eigenvalue weighted by Crippen LogP contribution is 2.54. The summed E-state index contributed by atoms with van der Waals surface area (Å²) >= 11 is 0. The molecule has 9 aromatic carbocycles. The van der Waals surface area contributed by atoms with Crippen LogP contribution in [0.1, 0.15) is 0 Å². The Morgan fingerprint density at radius 1 is 0.308 bits per heavy atom. The molecule has 52 heavy (non-hydrogen) atoms. The Morgan fingerprint density at radius 3 is 1.54 bits per heavy atom. The molecule has 0 amide bonds. The van der Waals surface area contributed by atoms with Gasteiger partial charge in [-0.3, -0.25) is 0 Å². The average Bonchev–Trinajstić information content (AvgIpc) is 3.35. The van der Waals surface area contributed by atoms with Crippen LogP contribution < -0.4 is 9.64 Å². The Bertz CT molecular complexity index is 2750. The van der Waals surface area contributed by atoms with E-state index in [1.54, 1.807) is 0 Å². The van der Waals surface area contributed by atoms with E-state index in [9.17, 15) is 0 Å². The minimum atomic E-state index is 0.822. The van der Waals surface area contributed by atoms with E-state index >= 15 is 0 Å². The van der Waals surface area contributed by atoms with Gasteiger partial charge in [-0.05, 0) is 110 Å². The van der Waals surface area contributed by atoms with Crippen molar-refractivity contribution in [3.8, 4) is 56.0 Å². The lowest BCUT2D eigenvalue weighted by atomic mass is 9.90. The first kappa shape index (κ1) is 30.0. The molecule has 2 nitrogen and oxygen atoms in total. The van der Waals surface area contributed by atoms with Gasteiger partial charge in [-0.1, -0.05) is 146 Å². The lowest BCUT2D eigenvalue weighted by molar-refractivity contribution is 0.489. The smallest absolute Gasteiger partial charge is 0.159 e. The van der Waals surface area contributed by atoms with Crippen LogP contribution in [0.25, 0.3) is 66.1 Å². The number of benzene rings is 9. The van der Waals surface area contributed by atoms with Crippen molar-refractivity contribution in [2.45, 2.75) is 0 Å². The second-order valence-electron chi connectivity index (χ2n) is 13.4. The molecular formula is C50H33NO. The van der Waals surface area contributed by atoms with Crippen molar-refractivity contribution in [1.29, 1.82) is 0 Å². The summed E-state index contributed by atoms with van der Waals surface area (Å²) in [6.07, 6.45) is 0. The molecule has 0 atom stereocenters. The maximum atomic E-state index is 7.27. The summed E-state index contributed by atoms with van der Waals surface area (Å²) in [5.41, 5.74) is 12.2. The molecular weight excluding hydrogens is 631 g/mol. The third-order valence-electron chi connectivity index (χ3n) is 10.2. The summed E-state index contributed by atoms with van der Waals surface area (Å²) in [5, 5.41) is 4.79. The summed E-state index contributed by atoms with van der Waals surface area (Å²) in [4.78, 5) is 2.34. The third kappa shape index (κ3) is 5.21. The summed E-state index contributed by atoms with van der Waals surface area (Å²) in [6, 6.07) is 71.6. The average molecular weight is 664 g/mol. The van der Waals surface area contributed by atoms with E-state index in [1.807, 2.05) is 0 Å². The van der Waals surface area contributed by atoms with Crippen molar-refractivity contribution < 1.29 is 4.74 Å². The number of para-hydroxylation sites is 1. The lowest BCUT2D eigenvalue weighted by Crippen LogP contribution is -2.11. The Balaban J connectivity index is 1.22. The van der Waals surface area contributed by atoms with Gasteiger partial charge in [0.1, 0.15) is 5.75 Å². The number of hydrogen-bond acceptors (Lipinski definition) is 2. The molecule has 2 heteroatoms. The van der Waals surface area contributed by atoms with Crippen LogP contribution >= 0.6 is 0 Å². The van der Waals surface area contributed by atoms with Gasteiger partial charge >= 0.3 is 0 Å². The molecule has 1 aliphatic rings. The standard InChI is InChI=1S/C50H33NO/c1-3-12-34(13-4-1)37-22-26-42(27-23-37)51(43-28-24-36-16-7-8-17-38(36)30-43)48-21-11-20-45-47-32-40-19-10-9-18-39(40)31-46(47)44-29-25-41(33-49(44)52-50(45)48)35-14-5-2-6-15-35/h1-33H. The molecule has 1 aliphatic heterocycles. The van der Waals surface area contributed by atoms with Crippen molar-refractivity contribution in [2.75, 3.05) is 4.90 Å². The zero-order valence-electron chi connectivity index (χ0n) is 28.4. The highest BCUT2D eigenvalue weighted by atomic mass is 16.5. The van der Waals surface area contributed by atoms with Crippen molar-refractivity contribution in [3.05, 3.63) is 200 Å². The molecule has 0 saturated heterocycles. The molecule has 1 heterocycles. The largest absolute Gasteiger partial charge is 0.454 e. The number of anilines is 3. The summed E-state index contributed by atoms with van der Waals surface area (Å²) < 4.78 is 7.27. The Kier molecular flexibility index (Phi) is 7.18. The molecule has 9 aromatic rings. The maximum Gasteiger partial charge on any atom is 0.159 e. The van der Waals surface area contributed by atoms with E-state index in [2.05, 4.69) is 205 Å². The van der Waals surface area contributed by atoms with Crippen LogP contribution in [0.15, 0.2) is 200 Å². The molecule has 0 fully saturated rings. The van der Waals surface area contributed by atoms with Gasteiger partial charge < -0.3 is 9.64 Å². The van der Waals surface area contributed by atoms with E-state index in [1.165, 1.54) is 32.7 Å².